The molecule has 0 spiro atoms. The smallest absolute Gasteiger partial charge is 0.413 e. The second-order valence-corrected chi connectivity index (χ2v) is 8.33. The first-order chi connectivity index (χ1) is 13.8. The molecule has 7 nitrogen and oxygen atoms in total. The average Bonchev–Trinajstić information content (AvgIpc) is 3.01. The number of nitrogens with zero attached hydrogens (tertiary/aromatic N) is 3. The van der Waals surface area contributed by atoms with Gasteiger partial charge in [0.05, 0.1) is 13.2 Å². The predicted molar refractivity (Wildman–Crippen MR) is 121 cm³/mol. The second kappa shape index (κ2) is 10.9. The van der Waals surface area contributed by atoms with Crippen molar-refractivity contribution in [1.29, 1.82) is 0 Å². The zero-order valence-electron chi connectivity index (χ0n) is 17.6. The Hall–Kier alpha value is -1.96. The van der Waals surface area contributed by atoms with Crippen LogP contribution in [-0.2, 0) is 6.54 Å². The predicted octanol–water partition coefficient (Wildman–Crippen LogP) is 4.59. The number of anilines is 1. The maximum atomic E-state index is 11.9. The number of aromatic nitrogens is 2. The zero-order chi connectivity index (χ0) is 21.0. The van der Waals surface area contributed by atoms with E-state index in [9.17, 15) is 9.90 Å². The van der Waals surface area contributed by atoms with Crippen LogP contribution in [0.15, 0.2) is 24.3 Å². The van der Waals surface area contributed by atoms with Crippen LogP contribution >= 0.6 is 24.0 Å². The average molecular weight is 457 g/mol. The SMILES string of the molecule is Cc1cc(N(C(=O)O)C2CCNCC2)nn1Cc1cc(Cl)ccc1OCC(C)C.Cl. The Morgan fingerprint density at radius 3 is 2.70 bits per heavy atom. The normalized spacial score (nSPS) is 14.4. The van der Waals surface area contributed by atoms with E-state index in [2.05, 4.69) is 24.3 Å². The lowest BCUT2D eigenvalue weighted by molar-refractivity contribution is 0.196. The minimum absolute atomic E-state index is 0. The van der Waals surface area contributed by atoms with Crippen LogP contribution in [0.5, 0.6) is 5.75 Å². The Bertz CT molecular complexity index is 851. The number of halogens is 2. The fourth-order valence-corrected chi connectivity index (χ4v) is 3.70. The largest absolute Gasteiger partial charge is 0.493 e. The van der Waals surface area contributed by atoms with Gasteiger partial charge in [0.15, 0.2) is 5.82 Å². The summed E-state index contributed by atoms with van der Waals surface area (Å²) in [7, 11) is 0. The molecule has 0 saturated carbocycles. The van der Waals surface area contributed by atoms with E-state index in [1.165, 1.54) is 4.90 Å². The highest BCUT2D eigenvalue weighted by atomic mass is 35.5. The molecule has 30 heavy (non-hydrogen) atoms. The number of benzene rings is 1. The number of nitrogens with one attached hydrogen (secondary N) is 1. The van der Waals surface area contributed by atoms with Gasteiger partial charge in [-0.3, -0.25) is 9.58 Å². The molecule has 1 aromatic heterocycles. The summed E-state index contributed by atoms with van der Waals surface area (Å²) in [6.07, 6.45) is 0.588. The van der Waals surface area contributed by atoms with Crippen molar-refractivity contribution in [1.82, 2.24) is 15.1 Å². The summed E-state index contributed by atoms with van der Waals surface area (Å²) < 4.78 is 7.75. The van der Waals surface area contributed by atoms with Gasteiger partial charge in [0, 0.05) is 28.4 Å². The van der Waals surface area contributed by atoms with Crippen molar-refractivity contribution in [3.63, 3.8) is 0 Å². The van der Waals surface area contributed by atoms with Gasteiger partial charge in [-0.2, -0.15) is 5.10 Å². The molecule has 2 aromatic rings. The van der Waals surface area contributed by atoms with Crippen molar-refractivity contribution in [2.45, 2.75) is 46.2 Å². The summed E-state index contributed by atoms with van der Waals surface area (Å²) in [6, 6.07) is 7.33. The van der Waals surface area contributed by atoms with Gasteiger partial charge in [-0.15, -0.1) is 12.4 Å². The molecule has 1 fully saturated rings. The lowest BCUT2D eigenvalue weighted by Gasteiger charge is -2.30. The van der Waals surface area contributed by atoms with Gasteiger partial charge in [0.1, 0.15) is 5.75 Å². The van der Waals surface area contributed by atoms with Crippen molar-refractivity contribution in [2.24, 2.45) is 5.92 Å². The van der Waals surface area contributed by atoms with Crippen molar-refractivity contribution in [3.8, 4) is 5.75 Å². The Kier molecular flexibility index (Phi) is 8.82. The molecule has 0 radical (unpaired) electrons. The quantitative estimate of drug-likeness (QED) is 0.636. The Morgan fingerprint density at radius 2 is 2.07 bits per heavy atom. The highest BCUT2D eigenvalue weighted by Crippen LogP contribution is 2.27. The lowest BCUT2D eigenvalue weighted by atomic mass is 10.1. The number of rotatable bonds is 7. The molecule has 166 valence electrons. The number of ether oxygens (including phenoxy) is 1. The number of piperidine rings is 1. The number of amides is 1. The van der Waals surface area contributed by atoms with Crippen molar-refractivity contribution >= 4 is 35.9 Å². The van der Waals surface area contributed by atoms with E-state index in [0.29, 0.717) is 29.9 Å². The number of carboxylic acid groups (broad SMARTS) is 1. The molecule has 1 saturated heterocycles. The van der Waals surface area contributed by atoms with Crippen LogP contribution in [0.3, 0.4) is 0 Å². The van der Waals surface area contributed by atoms with Crippen LogP contribution in [0, 0.1) is 12.8 Å². The van der Waals surface area contributed by atoms with E-state index >= 15 is 0 Å². The first-order valence-corrected chi connectivity index (χ1v) is 10.4. The maximum Gasteiger partial charge on any atom is 0.413 e. The second-order valence-electron chi connectivity index (χ2n) is 7.89. The van der Waals surface area contributed by atoms with Crippen molar-refractivity contribution in [3.05, 3.63) is 40.5 Å². The summed E-state index contributed by atoms with van der Waals surface area (Å²) >= 11 is 6.21. The van der Waals surface area contributed by atoms with E-state index in [1.807, 2.05) is 31.2 Å². The highest BCUT2D eigenvalue weighted by Gasteiger charge is 2.28. The molecule has 0 atom stereocenters. The minimum atomic E-state index is -0.967. The number of hydrogen-bond donors (Lipinski definition) is 2. The lowest BCUT2D eigenvalue weighted by Crippen LogP contribution is -2.46. The molecule has 0 unspecified atom stereocenters. The van der Waals surface area contributed by atoms with Gasteiger partial charge in [0.25, 0.3) is 0 Å². The Balaban J connectivity index is 0.00000320. The van der Waals surface area contributed by atoms with Crippen molar-refractivity contribution < 1.29 is 14.6 Å². The molecule has 2 heterocycles. The molecular weight excluding hydrogens is 427 g/mol. The van der Waals surface area contributed by atoms with Gasteiger partial charge in [0.2, 0.25) is 0 Å². The summed E-state index contributed by atoms with van der Waals surface area (Å²) in [5, 5.41) is 18.3. The molecule has 0 aliphatic carbocycles. The summed E-state index contributed by atoms with van der Waals surface area (Å²) in [4.78, 5) is 13.3. The van der Waals surface area contributed by atoms with Gasteiger partial charge in [-0.1, -0.05) is 25.4 Å². The highest BCUT2D eigenvalue weighted by molar-refractivity contribution is 6.30. The molecule has 1 aliphatic rings. The molecule has 9 heteroatoms. The standard InChI is InChI=1S/C21H29ClN4O3.ClH/c1-14(2)13-29-19-5-4-17(22)11-16(19)12-25-15(3)10-20(24-25)26(21(27)28)18-6-8-23-9-7-18;/h4-5,10-11,14,18,23H,6-9,12-13H2,1-3H3,(H,27,28);1H. The summed E-state index contributed by atoms with van der Waals surface area (Å²) in [5.41, 5.74) is 1.80. The summed E-state index contributed by atoms with van der Waals surface area (Å²) in [5.74, 6) is 1.65. The van der Waals surface area contributed by atoms with E-state index < -0.39 is 6.09 Å². The first kappa shape index (κ1) is 24.3. The Labute approximate surface area is 188 Å². The number of aryl methyl sites for hydroxylation is 1. The maximum absolute atomic E-state index is 11.9. The van der Waals surface area contributed by atoms with Gasteiger partial charge >= 0.3 is 6.09 Å². The third-order valence-electron chi connectivity index (χ3n) is 5.01. The molecule has 0 bridgehead atoms. The van der Waals surface area contributed by atoms with Crippen LogP contribution in [0.25, 0.3) is 0 Å². The molecule has 1 aromatic carbocycles. The van der Waals surface area contributed by atoms with Crippen LogP contribution in [0.2, 0.25) is 5.02 Å². The number of carbonyl (C=O) groups is 1. The van der Waals surface area contributed by atoms with Crippen LogP contribution in [0.4, 0.5) is 10.6 Å². The van der Waals surface area contributed by atoms with Gasteiger partial charge < -0.3 is 15.2 Å². The topological polar surface area (TPSA) is 79.6 Å². The van der Waals surface area contributed by atoms with Crippen molar-refractivity contribution in [2.75, 3.05) is 24.6 Å². The van der Waals surface area contributed by atoms with E-state index in [4.69, 9.17) is 16.3 Å². The van der Waals surface area contributed by atoms with E-state index in [0.717, 1.165) is 42.9 Å². The number of hydrogen-bond acceptors (Lipinski definition) is 4. The van der Waals surface area contributed by atoms with E-state index in [1.54, 1.807) is 4.68 Å². The molecule has 2 N–H and O–H groups in total. The summed E-state index contributed by atoms with van der Waals surface area (Å²) in [6.45, 7) is 8.82. The van der Waals surface area contributed by atoms with Gasteiger partial charge in [-0.05, 0) is 57.0 Å². The minimum Gasteiger partial charge on any atom is -0.493 e. The molecule has 1 amide bonds. The monoisotopic (exact) mass is 456 g/mol. The molecule has 1 aliphatic heterocycles. The van der Waals surface area contributed by atoms with Gasteiger partial charge in [-0.25, -0.2) is 4.79 Å². The van der Waals surface area contributed by atoms with Crippen LogP contribution in [0.1, 0.15) is 37.9 Å². The third-order valence-corrected chi connectivity index (χ3v) is 5.24. The molecule has 3 rings (SSSR count). The third kappa shape index (κ3) is 6.03. The molecular formula is C21H30Cl2N4O3. The Morgan fingerprint density at radius 1 is 1.37 bits per heavy atom. The fraction of sp³-hybridized carbons (Fsp3) is 0.524. The fourth-order valence-electron chi connectivity index (χ4n) is 3.51. The van der Waals surface area contributed by atoms with Crippen LogP contribution < -0.4 is 15.0 Å². The van der Waals surface area contributed by atoms with E-state index in [-0.39, 0.29) is 18.4 Å². The first-order valence-electron chi connectivity index (χ1n) is 10.0. The van der Waals surface area contributed by atoms with Crippen LogP contribution in [-0.4, -0.2) is 46.7 Å². The zero-order valence-corrected chi connectivity index (χ0v) is 19.2.